The highest BCUT2D eigenvalue weighted by Gasteiger charge is 2.35. The number of amides is 2. The number of aryl methyl sites for hydroxylation is 1. The standard InChI is InChI=1S/C19H19BrN2O3/c1-12-9-14(20)7-8-16(12)22-11-13(10-18(22)23)19(24)21-15-5-3-4-6-17(15)25-2/h3-9,13H,10-11H2,1-2H3,(H,21,24)/t13-/m1/s1. The molecule has 1 atom stereocenters. The third-order valence-electron chi connectivity index (χ3n) is 4.31. The summed E-state index contributed by atoms with van der Waals surface area (Å²) in [7, 11) is 1.56. The lowest BCUT2D eigenvalue weighted by Gasteiger charge is -2.19. The number of benzene rings is 2. The smallest absolute Gasteiger partial charge is 0.229 e. The van der Waals surface area contributed by atoms with Crippen molar-refractivity contribution in [2.45, 2.75) is 13.3 Å². The second-order valence-corrected chi connectivity index (χ2v) is 6.94. The number of nitrogens with zero attached hydrogens (tertiary/aromatic N) is 1. The Morgan fingerprint density at radius 3 is 2.76 bits per heavy atom. The van der Waals surface area contributed by atoms with Crippen LogP contribution in [0.1, 0.15) is 12.0 Å². The quantitative estimate of drug-likeness (QED) is 0.846. The Morgan fingerprint density at radius 2 is 2.04 bits per heavy atom. The molecule has 1 N–H and O–H groups in total. The topological polar surface area (TPSA) is 58.6 Å². The summed E-state index contributed by atoms with van der Waals surface area (Å²) in [6.45, 7) is 2.33. The minimum absolute atomic E-state index is 0.0365. The zero-order chi connectivity index (χ0) is 18.0. The molecule has 25 heavy (non-hydrogen) atoms. The van der Waals surface area contributed by atoms with Gasteiger partial charge in [0.1, 0.15) is 5.75 Å². The Kier molecular flexibility index (Phi) is 5.08. The average molecular weight is 403 g/mol. The summed E-state index contributed by atoms with van der Waals surface area (Å²) in [5.41, 5.74) is 2.45. The second-order valence-electron chi connectivity index (χ2n) is 6.03. The molecule has 0 unspecified atom stereocenters. The van der Waals surface area contributed by atoms with Gasteiger partial charge in [-0.05, 0) is 42.8 Å². The number of anilines is 2. The van der Waals surface area contributed by atoms with E-state index in [-0.39, 0.29) is 24.2 Å². The van der Waals surface area contributed by atoms with Crippen molar-refractivity contribution >= 4 is 39.1 Å². The Bertz CT molecular complexity index is 822. The summed E-state index contributed by atoms with van der Waals surface area (Å²) < 4.78 is 6.21. The predicted molar refractivity (Wildman–Crippen MR) is 101 cm³/mol. The lowest BCUT2D eigenvalue weighted by Crippen LogP contribution is -2.28. The van der Waals surface area contributed by atoms with Gasteiger partial charge in [0.2, 0.25) is 11.8 Å². The van der Waals surface area contributed by atoms with Gasteiger partial charge in [-0.3, -0.25) is 9.59 Å². The molecule has 0 saturated carbocycles. The number of halogens is 1. The molecule has 6 heteroatoms. The Labute approximate surface area is 155 Å². The van der Waals surface area contributed by atoms with E-state index in [0.29, 0.717) is 18.0 Å². The van der Waals surface area contributed by atoms with Crippen LogP contribution in [0.5, 0.6) is 5.75 Å². The van der Waals surface area contributed by atoms with Gasteiger partial charge in [-0.15, -0.1) is 0 Å². The van der Waals surface area contributed by atoms with Crippen molar-refractivity contribution in [2.75, 3.05) is 23.9 Å². The SMILES string of the molecule is COc1ccccc1NC(=O)[C@@H]1CC(=O)N(c2ccc(Br)cc2C)C1. The van der Waals surface area contributed by atoms with Crippen molar-refractivity contribution in [3.63, 3.8) is 0 Å². The zero-order valence-electron chi connectivity index (χ0n) is 14.1. The molecule has 1 saturated heterocycles. The highest BCUT2D eigenvalue weighted by molar-refractivity contribution is 9.10. The highest BCUT2D eigenvalue weighted by Crippen LogP contribution is 2.31. The third-order valence-corrected chi connectivity index (χ3v) is 4.80. The molecular weight excluding hydrogens is 384 g/mol. The van der Waals surface area contributed by atoms with Crippen molar-refractivity contribution in [3.8, 4) is 5.75 Å². The monoisotopic (exact) mass is 402 g/mol. The van der Waals surface area contributed by atoms with Crippen LogP contribution < -0.4 is 15.0 Å². The van der Waals surface area contributed by atoms with Crippen LogP contribution in [0.3, 0.4) is 0 Å². The van der Waals surface area contributed by atoms with E-state index in [9.17, 15) is 9.59 Å². The number of hydrogen-bond donors (Lipinski definition) is 1. The molecule has 0 aliphatic carbocycles. The van der Waals surface area contributed by atoms with E-state index in [4.69, 9.17) is 4.74 Å². The van der Waals surface area contributed by atoms with Crippen molar-refractivity contribution in [1.82, 2.24) is 0 Å². The van der Waals surface area contributed by atoms with Gasteiger partial charge in [-0.25, -0.2) is 0 Å². The molecule has 1 aliphatic heterocycles. The highest BCUT2D eigenvalue weighted by atomic mass is 79.9. The molecule has 1 heterocycles. The number of carbonyl (C=O) groups excluding carboxylic acids is 2. The third kappa shape index (κ3) is 3.69. The van der Waals surface area contributed by atoms with E-state index < -0.39 is 0 Å². The largest absolute Gasteiger partial charge is 0.495 e. The minimum Gasteiger partial charge on any atom is -0.495 e. The van der Waals surface area contributed by atoms with Crippen LogP contribution in [0.15, 0.2) is 46.9 Å². The van der Waals surface area contributed by atoms with Gasteiger partial charge in [-0.1, -0.05) is 28.1 Å². The maximum Gasteiger partial charge on any atom is 0.229 e. The van der Waals surface area contributed by atoms with Crippen LogP contribution in [-0.2, 0) is 9.59 Å². The molecule has 0 bridgehead atoms. The summed E-state index contributed by atoms with van der Waals surface area (Å²) in [6.07, 6.45) is 0.205. The van der Waals surface area contributed by atoms with Crippen molar-refractivity contribution < 1.29 is 14.3 Å². The predicted octanol–water partition coefficient (Wildman–Crippen LogP) is 3.76. The van der Waals surface area contributed by atoms with E-state index >= 15 is 0 Å². The molecule has 130 valence electrons. The summed E-state index contributed by atoms with van der Waals surface area (Å²) in [5, 5.41) is 2.87. The molecule has 1 aliphatic rings. The molecule has 5 nitrogen and oxygen atoms in total. The van der Waals surface area contributed by atoms with E-state index in [1.54, 1.807) is 24.1 Å². The Morgan fingerprint density at radius 1 is 1.28 bits per heavy atom. The lowest BCUT2D eigenvalue weighted by atomic mass is 10.1. The molecular formula is C19H19BrN2O3. The number of carbonyl (C=O) groups is 2. The number of para-hydroxylation sites is 2. The fourth-order valence-corrected chi connectivity index (χ4v) is 3.50. The number of methoxy groups -OCH3 is 1. The van der Waals surface area contributed by atoms with Crippen molar-refractivity contribution in [2.24, 2.45) is 5.92 Å². The molecule has 2 aromatic carbocycles. The molecule has 0 spiro atoms. The van der Waals surface area contributed by atoms with Gasteiger partial charge in [0.25, 0.3) is 0 Å². The van der Waals surface area contributed by atoms with E-state index in [0.717, 1.165) is 15.7 Å². The number of ether oxygens (including phenoxy) is 1. The van der Waals surface area contributed by atoms with Crippen molar-refractivity contribution in [1.29, 1.82) is 0 Å². The fourth-order valence-electron chi connectivity index (χ4n) is 3.02. The maximum absolute atomic E-state index is 12.6. The molecule has 2 amide bonds. The first kappa shape index (κ1) is 17.5. The molecule has 2 aromatic rings. The number of hydrogen-bond acceptors (Lipinski definition) is 3. The number of nitrogens with one attached hydrogen (secondary N) is 1. The van der Waals surface area contributed by atoms with Crippen LogP contribution in [0.25, 0.3) is 0 Å². The van der Waals surface area contributed by atoms with E-state index in [1.807, 2.05) is 37.3 Å². The summed E-state index contributed by atoms with van der Waals surface area (Å²) in [5.74, 6) is 0.00181. The average Bonchev–Trinajstić information content (AvgIpc) is 2.97. The molecule has 1 fully saturated rings. The zero-order valence-corrected chi connectivity index (χ0v) is 15.7. The number of rotatable bonds is 4. The maximum atomic E-state index is 12.6. The molecule has 0 aromatic heterocycles. The van der Waals surface area contributed by atoms with Gasteiger partial charge in [0.15, 0.2) is 0 Å². The van der Waals surface area contributed by atoms with Crippen LogP contribution in [-0.4, -0.2) is 25.5 Å². The normalized spacial score (nSPS) is 16.8. The summed E-state index contributed by atoms with van der Waals surface area (Å²) in [6, 6.07) is 13.0. The fraction of sp³-hybridized carbons (Fsp3) is 0.263. The van der Waals surface area contributed by atoms with Gasteiger partial charge in [0, 0.05) is 23.1 Å². The van der Waals surface area contributed by atoms with E-state index in [2.05, 4.69) is 21.2 Å². The Hall–Kier alpha value is -2.34. The van der Waals surface area contributed by atoms with Crippen LogP contribution >= 0.6 is 15.9 Å². The summed E-state index contributed by atoms with van der Waals surface area (Å²) >= 11 is 3.43. The molecule has 0 radical (unpaired) electrons. The minimum atomic E-state index is -0.388. The summed E-state index contributed by atoms with van der Waals surface area (Å²) in [4.78, 5) is 26.7. The van der Waals surface area contributed by atoms with E-state index in [1.165, 1.54) is 0 Å². The van der Waals surface area contributed by atoms with Crippen LogP contribution in [0.4, 0.5) is 11.4 Å². The van der Waals surface area contributed by atoms with Gasteiger partial charge in [0.05, 0.1) is 18.7 Å². The van der Waals surface area contributed by atoms with Gasteiger partial charge >= 0.3 is 0 Å². The Balaban J connectivity index is 1.74. The van der Waals surface area contributed by atoms with Crippen LogP contribution in [0.2, 0.25) is 0 Å². The first-order chi connectivity index (χ1) is 12.0. The lowest BCUT2D eigenvalue weighted by molar-refractivity contribution is -0.122. The van der Waals surface area contributed by atoms with Crippen LogP contribution in [0, 0.1) is 12.8 Å². The first-order valence-corrected chi connectivity index (χ1v) is 8.79. The first-order valence-electron chi connectivity index (χ1n) is 8.00. The molecule has 3 rings (SSSR count). The van der Waals surface area contributed by atoms with Gasteiger partial charge in [-0.2, -0.15) is 0 Å². The van der Waals surface area contributed by atoms with Crippen molar-refractivity contribution in [3.05, 3.63) is 52.5 Å². The second kappa shape index (κ2) is 7.27. The van der Waals surface area contributed by atoms with Gasteiger partial charge < -0.3 is 15.0 Å².